The second-order valence-electron chi connectivity index (χ2n) is 9.70. The van der Waals surface area contributed by atoms with Crippen LogP contribution in [0.3, 0.4) is 0 Å². The van der Waals surface area contributed by atoms with Gasteiger partial charge in [0.2, 0.25) is 0 Å². The molecule has 3 N–H and O–H groups in total. The smallest absolute Gasteiger partial charge is 0.173 e. The highest BCUT2D eigenvalue weighted by molar-refractivity contribution is 9.10. The SMILES string of the molecule is OC(CN1CCC(c2c[nH]c3ccccc23)CC1)C1CCN(C(=S)Nc2cccc(Br)c2)CC1. The molecule has 2 fully saturated rings. The number of rotatable bonds is 5. The Morgan fingerprint density at radius 2 is 1.82 bits per heavy atom. The first-order chi connectivity index (χ1) is 16.6. The highest BCUT2D eigenvalue weighted by Crippen LogP contribution is 2.33. The summed E-state index contributed by atoms with van der Waals surface area (Å²) in [5.41, 5.74) is 3.68. The van der Waals surface area contributed by atoms with Crippen LogP contribution in [0.5, 0.6) is 0 Å². The molecule has 34 heavy (non-hydrogen) atoms. The van der Waals surface area contributed by atoms with Crippen LogP contribution in [0.1, 0.15) is 37.2 Å². The molecule has 0 aliphatic carbocycles. The number of benzene rings is 2. The quantitative estimate of drug-likeness (QED) is 0.369. The summed E-state index contributed by atoms with van der Waals surface area (Å²) < 4.78 is 1.03. The van der Waals surface area contributed by atoms with E-state index in [-0.39, 0.29) is 6.10 Å². The van der Waals surface area contributed by atoms with Crippen molar-refractivity contribution in [3.8, 4) is 0 Å². The predicted molar refractivity (Wildman–Crippen MR) is 147 cm³/mol. The number of β-amino-alcohol motifs (C(OH)–C–C–N with tert-alkyl or cyclic N) is 1. The van der Waals surface area contributed by atoms with Gasteiger partial charge < -0.3 is 25.2 Å². The van der Waals surface area contributed by atoms with Crippen molar-refractivity contribution in [2.75, 3.05) is 38.0 Å². The number of thiocarbonyl (C=S) groups is 1. The topological polar surface area (TPSA) is 54.5 Å². The molecule has 180 valence electrons. The average molecular weight is 542 g/mol. The lowest BCUT2D eigenvalue weighted by atomic mass is 9.87. The van der Waals surface area contributed by atoms with Crippen LogP contribution in [0, 0.1) is 5.92 Å². The number of aliphatic hydroxyl groups excluding tert-OH is 1. The summed E-state index contributed by atoms with van der Waals surface area (Å²) in [7, 11) is 0. The lowest BCUT2D eigenvalue weighted by molar-refractivity contribution is 0.0344. The lowest BCUT2D eigenvalue weighted by Crippen LogP contribution is -2.46. The van der Waals surface area contributed by atoms with Crippen molar-refractivity contribution in [1.29, 1.82) is 0 Å². The first kappa shape index (κ1) is 23.8. The standard InChI is InChI=1S/C27H33BrN4OS/c28-21-4-3-5-22(16-21)30-27(34)32-14-10-20(11-15-32)26(33)18-31-12-8-19(9-13-31)24-17-29-25-7-2-1-6-23(24)25/h1-7,16-17,19-20,26,29,33H,8-15,18H2,(H,30,34). The molecule has 2 aliphatic rings. The number of anilines is 1. The molecule has 3 heterocycles. The number of fused-ring (bicyclic) bond motifs is 1. The van der Waals surface area contributed by atoms with Crippen molar-refractivity contribution >= 4 is 49.9 Å². The number of aromatic nitrogens is 1. The van der Waals surface area contributed by atoms with E-state index in [0.29, 0.717) is 11.8 Å². The molecule has 0 spiro atoms. The summed E-state index contributed by atoms with van der Waals surface area (Å²) in [5.74, 6) is 0.947. The van der Waals surface area contributed by atoms with Gasteiger partial charge in [-0.3, -0.25) is 0 Å². The minimum atomic E-state index is -0.265. The largest absolute Gasteiger partial charge is 0.392 e. The van der Waals surface area contributed by atoms with E-state index in [1.807, 2.05) is 24.3 Å². The van der Waals surface area contributed by atoms with Crippen LogP contribution in [0.2, 0.25) is 0 Å². The summed E-state index contributed by atoms with van der Waals surface area (Å²) >= 11 is 9.14. The minimum absolute atomic E-state index is 0.265. The number of nitrogens with one attached hydrogen (secondary N) is 2. The van der Waals surface area contributed by atoms with E-state index in [0.717, 1.165) is 73.7 Å². The molecule has 0 amide bonds. The van der Waals surface area contributed by atoms with Gasteiger partial charge in [0.05, 0.1) is 6.10 Å². The second kappa shape index (κ2) is 10.8. The number of aliphatic hydroxyl groups is 1. The fraction of sp³-hybridized carbons (Fsp3) is 0.444. The van der Waals surface area contributed by atoms with Crippen LogP contribution in [0.25, 0.3) is 10.9 Å². The second-order valence-corrected chi connectivity index (χ2v) is 11.0. The van der Waals surface area contributed by atoms with E-state index in [4.69, 9.17) is 12.2 Å². The molecule has 2 aromatic carbocycles. The molecule has 3 aromatic rings. The lowest BCUT2D eigenvalue weighted by Gasteiger charge is -2.38. The number of halogens is 1. The third kappa shape index (κ3) is 5.48. The molecule has 1 aromatic heterocycles. The van der Waals surface area contributed by atoms with Crippen LogP contribution < -0.4 is 5.32 Å². The third-order valence-electron chi connectivity index (χ3n) is 7.54. The van der Waals surface area contributed by atoms with Crippen molar-refractivity contribution in [3.05, 3.63) is 64.8 Å². The van der Waals surface area contributed by atoms with Crippen LogP contribution in [0.15, 0.2) is 59.2 Å². The van der Waals surface area contributed by atoms with E-state index in [2.05, 4.69) is 66.5 Å². The first-order valence-corrected chi connectivity index (χ1v) is 13.5. The number of piperidine rings is 2. The fourth-order valence-corrected chi connectivity index (χ4v) is 6.23. The minimum Gasteiger partial charge on any atom is -0.392 e. The van der Waals surface area contributed by atoms with Crippen LogP contribution in [-0.4, -0.2) is 63.8 Å². The predicted octanol–water partition coefficient (Wildman–Crippen LogP) is 5.58. The average Bonchev–Trinajstić information content (AvgIpc) is 3.29. The van der Waals surface area contributed by atoms with Crippen LogP contribution in [-0.2, 0) is 0 Å². The van der Waals surface area contributed by atoms with Gasteiger partial charge in [0.25, 0.3) is 0 Å². The molecule has 2 saturated heterocycles. The number of H-pyrrole nitrogens is 1. The zero-order valence-electron chi connectivity index (χ0n) is 19.4. The molecule has 5 rings (SSSR count). The summed E-state index contributed by atoms with van der Waals surface area (Å²) in [6, 6.07) is 16.7. The zero-order chi connectivity index (χ0) is 23.5. The van der Waals surface area contributed by atoms with Crippen molar-refractivity contribution in [3.63, 3.8) is 0 Å². The maximum atomic E-state index is 11.0. The van der Waals surface area contributed by atoms with Crippen LogP contribution in [0.4, 0.5) is 5.69 Å². The molecule has 2 aliphatic heterocycles. The highest BCUT2D eigenvalue weighted by Gasteiger charge is 2.29. The molecule has 0 bridgehead atoms. The maximum Gasteiger partial charge on any atom is 0.173 e. The third-order valence-corrected chi connectivity index (χ3v) is 8.39. The van der Waals surface area contributed by atoms with E-state index in [1.165, 1.54) is 16.5 Å². The Labute approximate surface area is 215 Å². The van der Waals surface area contributed by atoms with Gasteiger partial charge in [-0.1, -0.05) is 40.2 Å². The Balaban J connectivity index is 1.07. The van der Waals surface area contributed by atoms with E-state index in [1.54, 1.807) is 0 Å². The molecule has 1 unspecified atom stereocenters. The maximum absolute atomic E-state index is 11.0. The highest BCUT2D eigenvalue weighted by atomic mass is 79.9. The molecule has 0 saturated carbocycles. The van der Waals surface area contributed by atoms with Gasteiger partial charge >= 0.3 is 0 Å². The van der Waals surface area contributed by atoms with Crippen molar-refractivity contribution < 1.29 is 5.11 Å². The van der Waals surface area contributed by atoms with E-state index < -0.39 is 0 Å². The monoisotopic (exact) mass is 540 g/mol. The summed E-state index contributed by atoms with van der Waals surface area (Å²) in [6.45, 7) is 4.68. The number of para-hydroxylation sites is 1. The Hall–Kier alpha value is -1.93. The van der Waals surface area contributed by atoms with E-state index >= 15 is 0 Å². The van der Waals surface area contributed by atoms with Gasteiger partial charge in [0, 0.05) is 46.9 Å². The Bertz CT molecular complexity index is 1120. The Morgan fingerprint density at radius 3 is 2.59 bits per heavy atom. The van der Waals surface area contributed by atoms with Crippen LogP contribution >= 0.6 is 28.1 Å². The van der Waals surface area contributed by atoms with Crippen molar-refractivity contribution in [1.82, 2.24) is 14.8 Å². The number of nitrogens with zero attached hydrogens (tertiary/aromatic N) is 2. The first-order valence-electron chi connectivity index (χ1n) is 12.3. The Morgan fingerprint density at radius 1 is 1.06 bits per heavy atom. The van der Waals surface area contributed by atoms with Crippen molar-refractivity contribution in [2.24, 2.45) is 5.92 Å². The van der Waals surface area contributed by atoms with Gasteiger partial charge in [0.1, 0.15) is 0 Å². The van der Waals surface area contributed by atoms with Gasteiger partial charge in [-0.15, -0.1) is 0 Å². The molecule has 0 radical (unpaired) electrons. The van der Waals surface area contributed by atoms with Gasteiger partial charge in [0.15, 0.2) is 5.11 Å². The molecule has 7 heteroatoms. The number of likely N-dealkylation sites (tertiary alicyclic amines) is 2. The van der Waals surface area contributed by atoms with Crippen molar-refractivity contribution in [2.45, 2.75) is 37.7 Å². The number of aromatic amines is 1. The summed E-state index contributed by atoms with van der Waals surface area (Å²) in [4.78, 5) is 8.11. The molecule has 5 nitrogen and oxygen atoms in total. The number of hydrogen-bond donors (Lipinski definition) is 3. The Kier molecular flexibility index (Phi) is 7.54. The normalized spacial score (nSPS) is 19.4. The number of hydrogen-bond acceptors (Lipinski definition) is 3. The van der Waals surface area contributed by atoms with E-state index in [9.17, 15) is 5.11 Å². The molecule has 1 atom stereocenters. The zero-order valence-corrected chi connectivity index (χ0v) is 21.8. The fourth-order valence-electron chi connectivity index (χ4n) is 5.53. The van der Waals surface area contributed by atoms with Gasteiger partial charge in [-0.25, -0.2) is 0 Å². The summed E-state index contributed by atoms with van der Waals surface area (Å²) in [5, 5.41) is 16.5. The molecular weight excluding hydrogens is 508 g/mol. The summed E-state index contributed by atoms with van der Waals surface area (Å²) in [6.07, 6.45) is 6.20. The van der Waals surface area contributed by atoms with Gasteiger partial charge in [-0.2, -0.15) is 0 Å². The molecular formula is C27H33BrN4OS. The van der Waals surface area contributed by atoms with Gasteiger partial charge in [-0.05, 0) is 92.7 Å².